The molecule has 1 fully saturated rings. The van der Waals surface area contributed by atoms with E-state index in [2.05, 4.69) is 0 Å². The fraction of sp³-hybridized carbons (Fsp3) is 0.538. The van der Waals surface area contributed by atoms with Gasteiger partial charge in [-0.2, -0.15) is 0 Å². The molecule has 0 bridgehead atoms. The van der Waals surface area contributed by atoms with E-state index >= 15 is 0 Å². The van der Waals surface area contributed by atoms with Crippen molar-refractivity contribution in [2.75, 3.05) is 18.5 Å². The van der Waals surface area contributed by atoms with Gasteiger partial charge in [0.05, 0.1) is 5.75 Å². The highest BCUT2D eigenvalue weighted by Gasteiger charge is 2.25. The Balaban J connectivity index is 1.92. The number of benzene rings is 1. The average Bonchev–Trinajstić information content (AvgIpc) is 3.13. The molecule has 0 amide bonds. The smallest absolute Gasteiger partial charge is 0.214 e. The van der Waals surface area contributed by atoms with Gasteiger partial charge < -0.3 is 5.73 Å². The van der Waals surface area contributed by atoms with Crippen LogP contribution in [0.2, 0.25) is 0 Å². The lowest BCUT2D eigenvalue weighted by Crippen LogP contribution is -2.29. The minimum absolute atomic E-state index is 0.267. The van der Waals surface area contributed by atoms with Gasteiger partial charge in [-0.1, -0.05) is 25.0 Å². The van der Waals surface area contributed by atoms with Gasteiger partial charge in [0.1, 0.15) is 0 Å². The second kappa shape index (κ2) is 5.28. The average molecular weight is 268 g/mol. The lowest BCUT2D eigenvalue weighted by Gasteiger charge is -2.17. The first-order chi connectivity index (χ1) is 8.47. The summed E-state index contributed by atoms with van der Waals surface area (Å²) < 4.78 is 25.5. The summed E-state index contributed by atoms with van der Waals surface area (Å²) in [5.41, 5.74) is 7.25. The minimum Gasteiger partial charge on any atom is -0.399 e. The molecule has 0 aliphatic heterocycles. The molecule has 1 aliphatic rings. The van der Waals surface area contributed by atoms with E-state index in [1.54, 1.807) is 19.2 Å². The molecular formula is C13H20N2O2S. The summed E-state index contributed by atoms with van der Waals surface area (Å²) in [6.07, 6.45) is 3.18. The van der Waals surface area contributed by atoms with Crippen molar-refractivity contribution < 1.29 is 8.42 Å². The van der Waals surface area contributed by atoms with Gasteiger partial charge in [-0.3, -0.25) is 0 Å². The molecule has 1 saturated carbocycles. The van der Waals surface area contributed by atoms with E-state index in [4.69, 9.17) is 5.73 Å². The molecule has 1 aromatic carbocycles. The van der Waals surface area contributed by atoms with Crippen molar-refractivity contribution in [2.24, 2.45) is 5.92 Å². The predicted molar refractivity (Wildman–Crippen MR) is 73.4 cm³/mol. The molecule has 100 valence electrons. The van der Waals surface area contributed by atoms with Crippen LogP contribution < -0.4 is 5.73 Å². The van der Waals surface area contributed by atoms with Crippen molar-refractivity contribution in [2.45, 2.75) is 25.8 Å². The Labute approximate surface area is 109 Å². The molecule has 4 nitrogen and oxygen atoms in total. The van der Waals surface area contributed by atoms with E-state index in [1.165, 1.54) is 17.1 Å². The number of nitrogen functional groups attached to an aromatic ring is 1. The lowest BCUT2D eigenvalue weighted by molar-refractivity contribution is 0.464. The van der Waals surface area contributed by atoms with E-state index in [9.17, 15) is 8.42 Å². The third kappa shape index (κ3) is 3.71. The van der Waals surface area contributed by atoms with Gasteiger partial charge in [0, 0.05) is 19.3 Å². The molecule has 0 saturated heterocycles. The van der Waals surface area contributed by atoms with Crippen LogP contribution in [-0.2, 0) is 16.6 Å². The zero-order valence-corrected chi connectivity index (χ0v) is 11.5. The fourth-order valence-corrected chi connectivity index (χ4v) is 3.15. The molecule has 0 radical (unpaired) electrons. The Morgan fingerprint density at radius 3 is 2.44 bits per heavy atom. The second-order valence-corrected chi connectivity index (χ2v) is 7.24. The van der Waals surface area contributed by atoms with Gasteiger partial charge in [-0.05, 0) is 30.0 Å². The predicted octanol–water partition coefficient (Wildman–Crippen LogP) is 1.83. The van der Waals surface area contributed by atoms with Crippen molar-refractivity contribution in [3.63, 3.8) is 0 Å². The molecule has 0 heterocycles. The van der Waals surface area contributed by atoms with Gasteiger partial charge in [0.25, 0.3) is 0 Å². The van der Waals surface area contributed by atoms with Crippen molar-refractivity contribution in [1.82, 2.24) is 4.31 Å². The molecule has 0 spiro atoms. The number of nitrogens with two attached hydrogens (primary N) is 1. The van der Waals surface area contributed by atoms with Crippen molar-refractivity contribution in [3.8, 4) is 0 Å². The minimum atomic E-state index is -3.12. The summed E-state index contributed by atoms with van der Waals surface area (Å²) in [6, 6.07) is 7.31. The summed E-state index contributed by atoms with van der Waals surface area (Å²) in [5, 5.41) is 0. The van der Waals surface area contributed by atoms with Crippen LogP contribution >= 0.6 is 0 Å². The van der Waals surface area contributed by atoms with Crippen LogP contribution in [0.4, 0.5) is 5.69 Å². The summed E-state index contributed by atoms with van der Waals surface area (Å²) in [6.45, 7) is 0.410. The quantitative estimate of drug-likeness (QED) is 0.801. The number of hydrogen-bond donors (Lipinski definition) is 1. The zero-order chi connectivity index (χ0) is 13.2. The zero-order valence-electron chi connectivity index (χ0n) is 10.7. The summed E-state index contributed by atoms with van der Waals surface area (Å²) in [5.74, 6) is 0.910. The monoisotopic (exact) mass is 268 g/mol. The first kappa shape index (κ1) is 13.4. The Morgan fingerprint density at radius 1 is 1.28 bits per heavy atom. The molecule has 0 aromatic heterocycles. The summed E-state index contributed by atoms with van der Waals surface area (Å²) in [7, 11) is -1.48. The molecule has 5 heteroatoms. The van der Waals surface area contributed by atoms with E-state index in [1.807, 2.05) is 12.1 Å². The van der Waals surface area contributed by atoms with E-state index in [-0.39, 0.29) is 5.75 Å². The van der Waals surface area contributed by atoms with E-state index < -0.39 is 10.0 Å². The first-order valence-electron chi connectivity index (χ1n) is 6.26. The molecular weight excluding hydrogens is 248 g/mol. The highest BCUT2D eigenvalue weighted by Crippen LogP contribution is 2.32. The molecule has 2 rings (SSSR count). The van der Waals surface area contributed by atoms with Crippen molar-refractivity contribution >= 4 is 15.7 Å². The van der Waals surface area contributed by atoms with Crippen LogP contribution in [0, 0.1) is 5.92 Å². The van der Waals surface area contributed by atoms with Crippen molar-refractivity contribution in [3.05, 3.63) is 29.8 Å². The molecule has 0 unspecified atom stereocenters. The van der Waals surface area contributed by atoms with Crippen LogP contribution in [0.1, 0.15) is 24.8 Å². The van der Waals surface area contributed by atoms with Crippen LogP contribution in [0.15, 0.2) is 24.3 Å². The number of hydrogen-bond acceptors (Lipinski definition) is 3. The first-order valence-corrected chi connectivity index (χ1v) is 7.87. The Hall–Kier alpha value is -1.07. The van der Waals surface area contributed by atoms with Crippen LogP contribution in [0.25, 0.3) is 0 Å². The third-order valence-electron chi connectivity index (χ3n) is 3.34. The molecule has 0 atom stereocenters. The van der Waals surface area contributed by atoms with Gasteiger partial charge in [0.15, 0.2) is 0 Å². The molecule has 1 aliphatic carbocycles. The Morgan fingerprint density at radius 2 is 1.89 bits per heavy atom. The lowest BCUT2D eigenvalue weighted by atomic mass is 10.2. The van der Waals surface area contributed by atoms with E-state index in [0.29, 0.717) is 18.2 Å². The standard InChI is InChI=1S/C13H20N2O2S/c1-15(10-12-4-6-13(14)7-5-12)18(16,17)9-8-11-2-3-11/h4-7,11H,2-3,8-10,14H2,1H3. The maximum absolute atomic E-state index is 12.0. The Bertz CT molecular complexity index is 492. The topological polar surface area (TPSA) is 63.4 Å². The van der Waals surface area contributed by atoms with Crippen molar-refractivity contribution in [1.29, 1.82) is 0 Å². The third-order valence-corrected chi connectivity index (χ3v) is 5.17. The van der Waals surface area contributed by atoms with Gasteiger partial charge >= 0.3 is 0 Å². The van der Waals surface area contributed by atoms with E-state index in [0.717, 1.165) is 12.0 Å². The fourth-order valence-electron chi connectivity index (χ4n) is 1.86. The normalized spacial score (nSPS) is 16.1. The van der Waals surface area contributed by atoms with Crippen LogP contribution in [0.3, 0.4) is 0 Å². The van der Waals surface area contributed by atoms with Crippen LogP contribution in [0.5, 0.6) is 0 Å². The second-order valence-electron chi connectivity index (χ2n) is 5.05. The number of sulfonamides is 1. The molecule has 1 aromatic rings. The highest BCUT2D eigenvalue weighted by molar-refractivity contribution is 7.89. The van der Waals surface area contributed by atoms with Gasteiger partial charge in [0.2, 0.25) is 10.0 Å². The van der Waals surface area contributed by atoms with Crippen LogP contribution in [-0.4, -0.2) is 25.5 Å². The molecule has 2 N–H and O–H groups in total. The maximum Gasteiger partial charge on any atom is 0.214 e. The van der Waals surface area contributed by atoms with Gasteiger partial charge in [-0.25, -0.2) is 12.7 Å². The number of nitrogens with zero attached hydrogens (tertiary/aromatic N) is 1. The SMILES string of the molecule is CN(Cc1ccc(N)cc1)S(=O)(=O)CCC1CC1. The molecule has 18 heavy (non-hydrogen) atoms. The largest absolute Gasteiger partial charge is 0.399 e. The summed E-state index contributed by atoms with van der Waals surface area (Å²) in [4.78, 5) is 0. The highest BCUT2D eigenvalue weighted by atomic mass is 32.2. The Kier molecular flexibility index (Phi) is 3.92. The summed E-state index contributed by atoms with van der Waals surface area (Å²) >= 11 is 0. The number of anilines is 1. The maximum atomic E-state index is 12.0. The number of rotatable bonds is 6. The van der Waals surface area contributed by atoms with Gasteiger partial charge in [-0.15, -0.1) is 0 Å².